The predicted molar refractivity (Wildman–Crippen MR) is 120 cm³/mol. The van der Waals surface area contributed by atoms with Crippen LogP contribution in [0.5, 0.6) is 0 Å². The van der Waals surface area contributed by atoms with Crippen molar-refractivity contribution in [3.8, 4) is 0 Å². The predicted octanol–water partition coefficient (Wildman–Crippen LogP) is 4.00. The second kappa shape index (κ2) is 11.3. The van der Waals surface area contributed by atoms with Crippen LogP contribution < -0.4 is 10.6 Å². The number of carbonyl (C=O) groups is 2. The molecule has 2 atom stereocenters. The van der Waals surface area contributed by atoms with E-state index in [0.717, 1.165) is 0 Å². The van der Waals surface area contributed by atoms with Gasteiger partial charge in [-0.1, -0.05) is 78.9 Å². The number of benzene rings is 2. The van der Waals surface area contributed by atoms with Crippen molar-refractivity contribution in [3.63, 3.8) is 0 Å². The Morgan fingerprint density at radius 2 is 1.40 bits per heavy atom. The van der Waals surface area contributed by atoms with Gasteiger partial charge in [0.15, 0.2) is 7.14 Å². The number of hydrogen-bond acceptors (Lipinski definition) is 5. The molecule has 2 aromatic rings. The molecular formula is C24H27O5P. The fourth-order valence-corrected chi connectivity index (χ4v) is 5.95. The van der Waals surface area contributed by atoms with Gasteiger partial charge in [0.25, 0.3) is 0 Å². The minimum Gasteiger partial charge on any atom is -0.462 e. The van der Waals surface area contributed by atoms with Crippen LogP contribution in [0.1, 0.15) is 20.8 Å². The molecular weight excluding hydrogens is 399 g/mol. The summed E-state index contributed by atoms with van der Waals surface area (Å²) in [5.74, 6) is -0.770. The summed E-state index contributed by atoms with van der Waals surface area (Å²) in [6, 6.07) is 18.6. The molecule has 0 radical (unpaired) electrons. The van der Waals surface area contributed by atoms with E-state index in [-0.39, 0.29) is 18.5 Å². The Morgan fingerprint density at radius 3 is 1.87 bits per heavy atom. The molecule has 0 amide bonds. The summed E-state index contributed by atoms with van der Waals surface area (Å²) in [7, 11) is -3.14. The maximum atomic E-state index is 14.6. The highest BCUT2D eigenvalue weighted by Crippen LogP contribution is 2.49. The number of hydrogen-bond donors (Lipinski definition) is 0. The Hall–Kier alpha value is -2.91. The Balaban J connectivity index is 2.51. The van der Waals surface area contributed by atoms with Crippen molar-refractivity contribution in [3.05, 3.63) is 85.0 Å². The van der Waals surface area contributed by atoms with Gasteiger partial charge in [0, 0.05) is 24.5 Å². The Morgan fingerprint density at radius 1 is 0.867 bits per heavy atom. The molecule has 30 heavy (non-hydrogen) atoms. The second-order valence-corrected chi connectivity index (χ2v) is 9.69. The van der Waals surface area contributed by atoms with Crippen molar-refractivity contribution in [2.24, 2.45) is 0 Å². The molecule has 5 nitrogen and oxygen atoms in total. The van der Waals surface area contributed by atoms with Gasteiger partial charge in [-0.25, -0.2) is 0 Å². The maximum Gasteiger partial charge on any atom is 0.303 e. The minimum absolute atomic E-state index is 0.0861. The fraction of sp³-hybridized carbons (Fsp3) is 0.250. The van der Waals surface area contributed by atoms with Gasteiger partial charge >= 0.3 is 11.9 Å². The molecule has 6 heteroatoms. The molecule has 0 fully saturated rings. The summed E-state index contributed by atoms with van der Waals surface area (Å²) >= 11 is 0. The zero-order valence-electron chi connectivity index (χ0n) is 17.4. The van der Waals surface area contributed by atoms with Crippen molar-refractivity contribution < 1.29 is 23.6 Å². The van der Waals surface area contributed by atoms with Gasteiger partial charge in [-0.3, -0.25) is 9.59 Å². The summed E-state index contributed by atoms with van der Waals surface area (Å²) in [6.45, 7) is 4.51. The van der Waals surface area contributed by atoms with Crippen LogP contribution in [0.25, 0.3) is 0 Å². The fourth-order valence-electron chi connectivity index (χ4n) is 3.03. The highest BCUT2D eigenvalue weighted by Gasteiger charge is 2.33. The highest BCUT2D eigenvalue weighted by molar-refractivity contribution is 7.79. The zero-order valence-corrected chi connectivity index (χ0v) is 18.3. The van der Waals surface area contributed by atoms with Gasteiger partial charge in [0.1, 0.15) is 12.7 Å². The van der Waals surface area contributed by atoms with E-state index in [1.54, 1.807) is 31.2 Å². The molecule has 0 spiro atoms. The maximum absolute atomic E-state index is 14.6. The largest absolute Gasteiger partial charge is 0.462 e. The van der Waals surface area contributed by atoms with Crippen molar-refractivity contribution in [1.82, 2.24) is 0 Å². The molecule has 0 unspecified atom stereocenters. The van der Waals surface area contributed by atoms with Crippen LogP contribution in [0.15, 0.2) is 85.0 Å². The number of esters is 2. The minimum atomic E-state index is -3.14. The van der Waals surface area contributed by atoms with Crippen molar-refractivity contribution in [2.75, 3.05) is 6.61 Å². The molecule has 2 aromatic carbocycles. The van der Waals surface area contributed by atoms with E-state index in [1.165, 1.54) is 13.8 Å². The third-order valence-corrected chi connectivity index (χ3v) is 7.66. The Bertz CT molecular complexity index is 891. The molecule has 0 N–H and O–H groups in total. The summed E-state index contributed by atoms with van der Waals surface area (Å²) in [5.41, 5.74) is -0.518. The Kier molecular flexibility index (Phi) is 8.82. The van der Waals surface area contributed by atoms with E-state index in [9.17, 15) is 14.2 Å². The van der Waals surface area contributed by atoms with Crippen LogP contribution in [0, 0.1) is 0 Å². The molecule has 158 valence electrons. The molecule has 0 aromatic heterocycles. The lowest BCUT2D eigenvalue weighted by Gasteiger charge is -2.25. The van der Waals surface area contributed by atoms with E-state index >= 15 is 0 Å². The SMILES string of the molecule is CC(=O)OC/C=C/[C@H](/C=C/[C@@H](C)OC(C)=O)P(=O)(c1ccccc1)c1ccccc1. The van der Waals surface area contributed by atoms with Gasteiger partial charge in [0.05, 0.1) is 5.66 Å². The number of rotatable bonds is 9. The average Bonchev–Trinajstić information content (AvgIpc) is 2.73. The molecule has 2 rings (SSSR count). The van der Waals surface area contributed by atoms with Crippen LogP contribution in [-0.2, 0) is 23.6 Å². The second-order valence-electron chi connectivity index (χ2n) is 6.75. The van der Waals surface area contributed by atoms with E-state index in [1.807, 2.05) is 60.7 Å². The van der Waals surface area contributed by atoms with E-state index < -0.39 is 18.9 Å². The summed E-state index contributed by atoms with van der Waals surface area (Å²) in [4.78, 5) is 22.3. The van der Waals surface area contributed by atoms with Gasteiger partial charge in [-0.15, -0.1) is 0 Å². The van der Waals surface area contributed by atoms with Gasteiger partial charge in [-0.05, 0) is 13.0 Å². The average molecular weight is 426 g/mol. The molecule has 0 saturated carbocycles. The smallest absolute Gasteiger partial charge is 0.303 e. The summed E-state index contributed by atoms with van der Waals surface area (Å²) < 4.78 is 24.7. The van der Waals surface area contributed by atoms with Crippen LogP contribution >= 0.6 is 7.14 Å². The zero-order chi connectivity index (χ0) is 22.0. The quantitative estimate of drug-likeness (QED) is 0.344. The lowest BCUT2D eigenvalue weighted by molar-refractivity contribution is -0.143. The lowest BCUT2D eigenvalue weighted by atomic mass is 10.3. The number of allylic oxidation sites excluding steroid dienone is 2. The first-order valence-corrected chi connectivity index (χ1v) is 11.5. The van der Waals surface area contributed by atoms with E-state index in [2.05, 4.69) is 0 Å². The third kappa shape index (κ3) is 6.57. The van der Waals surface area contributed by atoms with E-state index in [4.69, 9.17) is 9.47 Å². The molecule has 0 bridgehead atoms. The lowest BCUT2D eigenvalue weighted by Crippen LogP contribution is -2.24. The molecule has 0 aliphatic rings. The monoisotopic (exact) mass is 426 g/mol. The molecule has 0 aliphatic carbocycles. The first kappa shape index (κ1) is 23.4. The standard InChI is InChI=1S/C24H27O5P/c1-19(29-21(3)26)16-17-24(15-10-18-28-20(2)25)30(27,22-11-6-4-7-12-22)23-13-8-5-9-14-23/h4-17,19,24H,18H2,1-3H3/b15-10+,17-16+/t19-,24-/m1/s1. The van der Waals surface area contributed by atoms with Crippen molar-refractivity contribution >= 4 is 29.7 Å². The Labute approximate surface area is 177 Å². The van der Waals surface area contributed by atoms with Gasteiger partial charge in [-0.2, -0.15) is 0 Å². The van der Waals surface area contributed by atoms with Crippen LogP contribution in [-0.4, -0.2) is 30.3 Å². The number of carbonyl (C=O) groups excluding carboxylic acids is 2. The topological polar surface area (TPSA) is 69.7 Å². The first-order chi connectivity index (χ1) is 14.3. The van der Waals surface area contributed by atoms with Crippen molar-refractivity contribution in [1.29, 1.82) is 0 Å². The van der Waals surface area contributed by atoms with E-state index in [0.29, 0.717) is 10.6 Å². The molecule has 0 saturated heterocycles. The molecule has 0 aliphatic heterocycles. The summed E-state index contributed by atoms with van der Waals surface area (Å²) in [5, 5.41) is 1.42. The molecule has 0 heterocycles. The first-order valence-electron chi connectivity index (χ1n) is 9.70. The van der Waals surface area contributed by atoms with Gasteiger partial charge < -0.3 is 14.0 Å². The summed E-state index contributed by atoms with van der Waals surface area (Å²) in [6.07, 6.45) is 6.51. The third-order valence-electron chi connectivity index (χ3n) is 4.35. The highest BCUT2D eigenvalue weighted by atomic mass is 31.2. The number of ether oxygens (including phenoxy) is 2. The van der Waals surface area contributed by atoms with Crippen LogP contribution in [0.4, 0.5) is 0 Å². The van der Waals surface area contributed by atoms with Crippen LogP contribution in [0.2, 0.25) is 0 Å². The van der Waals surface area contributed by atoms with Crippen molar-refractivity contribution in [2.45, 2.75) is 32.5 Å². The normalized spacial score (nSPS) is 13.8. The van der Waals surface area contributed by atoms with Crippen LogP contribution in [0.3, 0.4) is 0 Å². The van der Waals surface area contributed by atoms with Gasteiger partial charge in [0.2, 0.25) is 0 Å².